The predicted octanol–water partition coefficient (Wildman–Crippen LogP) is 4.18. The first kappa shape index (κ1) is 18.2. The van der Waals surface area contributed by atoms with Gasteiger partial charge in [-0.3, -0.25) is 0 Å². The molecule has 0 aliphatic rings. The number of hydrogen-bond donors (Lipinski definition) is 0. The van der Waals surface area contributed by atoms with E-state index in [9.17, 15) is 8.42 Å². The maximum Gasteiger partial charge on any atom is 0.243 e. The summed E-state index contributed by atoms with van der Waals surface area (Å²) in [7, 11) is -2.18. The van der Waals surface area contributed by atoms with Crippen LogP contribution in [0.15, 0.2) is 47.4 Å². The van der Waals surface area contributed by atoms with Crippen molar-refractivity contribution >= 4 is 44.3 Å². The van der Waals surface area contributed by atoms with E-state index in [0.717, 1.165) is 11.0 Å². The molecule has 0 fully saturated rings. The third-order valence-electron chi connectivity index (χ3n) is 4.01. The van der Waals surface area contributed by atoms with Crippen LogP contribution in [0.4, 0.5) is 0 Å². The van der Waals surface area contributed by atoms with Crippen LogP contribution in [0.5, 0.6) is 0 Å². The van der Waals surface area contributed by atoms with Crippen molar-refractivity contribution in [2.24, 2.45) is 0 Å². The molecule has 0 saturated carbocycles. The first-order chi connectivity index (χ1) is 11.8. The summed E-state index contributed by atoms with van der Waals surface area (Å²) < 4.78 is 28.9. The summed E-state index contributed by atoms with van der Waals surface area (Å²) in [6, 6.07) is 12.0. The standard InChI is InChI=1S/C17H17Cl2N3O2S/c1-3-22-16-7-5-4-6-15(16)20-17(22)11-21(2)25(23,24)12-8-9-13(18)14(19)10-12/h4-10H,3,11H2,1-2H3. The van der Waals surface area contributed by atoms with E-state index in [2.05, 4.69) is 4.98 Å². The van der Waals surface area contributed by atoms with E-state index in [0.29, 0.717) is 17.4 Å². The molecule has 0 aliphatic heterocycles. The lowest BCUT2D eigenvalue weighted by Crippen LogP contribution is -2.28. The first-order valence-electron chi connectivity index (χ1n) is 7.70. The largest absolute Gasteiger partial charge is 0.327 e. The molecule has 1 aromatic heterocycles. The van der Waals surface area contributed by atoms with Gasteiger partial charge in [-0.1, -0.05) is 35.3 Å². The predicted molar refractivity (Wildman–Crippen MR) is 101 cm³/mol. The highest BCUT2D eigenvalue weighted by atomic mass is 35.5. The van der Waals surface area contributed by atoms with Crippen LogP contribution in [0.2, 0.25) is 10.0 Å². The van der Waals surface area contributed by atoms with Crippen molar-refractivity contribution in [1.82, 2.24) is 13.9 Å². The van der Waals surface area contributed by atoms with Gasteiger partial charge in [-0.05, 0) is 37.3 Å². The van der Waals surface area contributed by atoms with E-state index in [4.69, 9.17) is 23.2 Å². The Hall–Kier alpha value is -1.60. The molecular weight excluding hydrogens is 381 g/mol. The Kier molecular flexibility index (Phi) is 5.06. The molecule has 132 valence electrons. The van der Waals surface area contributed by atoms with Crippen LogP contribution in [-0.4, -0.2) is 29.3 Å². The molecule has 0 atom stereocenters. The minimum absolute atomic E-state index is 0.101. The minimum Gasteiger partial charge on any atom is -0.327 e. The van der Waals surface area contributed by atoms with Gasteiger partial charge in [0.25, 0.3) is 0 Å². The Bertz CT molecular complexity index is 1030. The normalized spacial score (nSPS) is 12.2. The first-order valence-corrected chi connectivity index (χ1v) is 9.89. The number of hydrogen-bond acceptors (Lipinski definition) is 3. The number of rotatable bonds is 5. The summed E-state index contributed by atoms with van der Waals surface area (Å²) in [4.78, 5) is 4.67. The summed E-state index contributed by atoms with van der Waals surface area (Å²) in [6.07, 6.45) is 0. The van der Waals surface area contributed by atoms with Gasteiger partial charge >= 0.3 is 0 Å². The number of sulfonamides is 1. The fourth-order valence-electron chi connectivity index (χ4n) is 2.70. The van der Waals surface area contributed by atoms with Crippen LogP contribution in [-0.2, 0) is 23.1 Å². The number of halogens is 2. The quantitative estimate of drug-likeness (QED) is 0.648. The number of aromatic nitrogens is 2. The zero-order valence-corrected chi connectivity index (χ0v) is 16.1. The highest BCUT2D eigenvalue weighted by Crippen LogP contribution is 2.27. The molecule has 0 N–H and O–H groups in total. The maximum atomic E-state index is 12.8. The molecule has 1 heterocycles. The lowest BCUT2D eigenvalue weighted by Gasteiger charge is -2.18. The van der Waals surface area contributed by atoms with E-state index in [1.165, 1.54) is 29.6 Å². The van der Waals surface area contributed by atoms with Gasteiger partial charge in [0.05, 0.1) is 32.5 Å². The van der Waals surface area contributed by atoms with Crippen LogP contribution in [0.1, 0.15) is 12.7 Å². The highest BCUT2D eigenvalue weighted by molar-refractivity contribution is 7.89. The molecule has 0 aliphatic carbocycles. The van der Waals surface area contributed by atoms with Crippen LogP contribution < -0.4 is 0 Å². The number of nitrogens with zero attached hydrogens (tertiary/aromatic N) is 3. The molecule has 3 rings (SSSR count). The molecule has 25 heavy (non-hydrogen) atoms. The van der Waals surface area contributed by atoms with Gasteiger partial charge in [0.15, 0.2) is 0 Å². The van der Waals surface area contributed by atoms with Crippen LogP contribution in [0, 0.1) is 0 Å². The summed E-state index contributed by atoms with van der Waals surface area (Å²) in [5.41, 5.74) is 1.83. The molecule has 0 saturated heterocycles. The van der Waals surface area contributed by atoms with Gasteiger partial charge in [0.2, 0.25) is 10.0 Å². The average Bonchev–Trinajstić information content (AvgIpc) is 2.94. The Labute approximate surface area is 156 Å². The third-order valence-corrected chi connectivity index (χ3v) is 6.55. The van der Waals surface area contributed by atoms with Gasteiger partial charge in [-0.25, -0.2) is 13.4 Å². The monoisotopic (exact) mass is 397 g/mol. The zero-order chi connectivity index (χ0) is 18.2. The third kappa shape index (κ3) is 3.40. The average molecular weight is 398 g/mol. The van der Waals surface area contributed by atoms with Gasteiger partial charge in [0.1, 0.15) is 5.82 Å². The molecule has 0 bridgehead atoms. The number of aryl methyl sites for hydroxylation is 1. The molecular formula is C17H17Cl2N3O2S. The lowest BCUT2D eigenvalue weighted by atomic mass is 10.3. The topological polar surface area (TPSA) is 55.2 Å². The number of fused-ring (bicyclic) bond motifs is 1. The van der Waals surface area contributed by atoms with Crippen molar-refractivity contribution in [3.8, 4) is 0 Å². The van der Waals surface area contributed by atoms with Gasteiger partial charge < -0.3 is 4.57 Å². The van der Waals surface area contributed by atoms with E-state index in [1.807, 2.05) is 35.8 Å². The second-order valence-electron chi connectivity index (χ2n) is 5.60. The lowest BCUT2D eigenvalue weighted by molar-refractivity contribution is 0.449. The molecule has 2 aromatic carbocycles. The van der Waals surface area contributed by atoms with Crippen LogP contribution in [0.25, 0.3) is 11.0 Å². The van der Waals surface area contributed by atoms with Crippen molar-refractivity contribution in [2.45, 2.75) is 24.9 Å². The van der Waals surface area contributed by atoms with Crippen LogP contribution >= 0.6 is 23.2 Å². The number of para-hydroxylation sites is 2. The Morgan fingerprint density at radius 1 is 1.12 bits per heavy atom. The highest BCUT2D eigenvalue weighted by Gasteiger charge is 2.24. The Morgan fingerprint density at radius 2 is 1.84 bits per heavy atom. The molecule has 8 heteroatoms. The van der Waals surface area contributed by atoms with Crippen molar-refractivity contribution in [3.05, 3.63) is 58.3 Å². The van der Waals surface area contributed by atoms with Crippen molar-refractivity contribution in [3.63, 3.8) is 0 Å². The minimum atomic E-state index is -3.70. The number of imidazole rings is 1. The van der Waals surface area contributed by atoms with E-state index >= 15 is 0 Å². The molecule has 3 aromatic rings. The molecule has 0 spiro atoms. The van der Waals surface area contributed by atoms with Crippen molar-refractivity contribution < 1.29 is 8.42 Å². The summed E-state index contributed by atoms with van der Waals surface area (Å²) in [5.74, 6) is 0.690. The maximum absolute atomic E-state index is 12.8. The van der Waals surface area contributed by atoms with Crippen molar-refractivity contribution in [1.29, 1.82) is 0 Å². The van der Waals surface area contributed by atoms with Gasteiger partial charge in [0, 0.05) is 13.6 Å². The molecule has 0 radical (unpaired) electrons. The van der Waals surface area contributed by atoms with Gasteiger partial charge in [-0.15, -0.1) is 0 Å². The molecule has 5 nitrogen and oxygen atoms in total. The Balaban J connectivity index is 1.96. The van der Waals surface area contributed by atoms with Crippen LogP contribution in [0.3, 0.4) is 0 Å². The fourth-order valence-corrected chi connectivity index (χ4v) is 4.22. The summed E-state index contributed by atoms with van der Waals surface area (Å²) in [6.45, 7) is 2.87. The summed E-state index contributed by atoms with van der Waals surface area (Å²) in [5, 5.41) is 0.521. The second-order valence-corrected chi connectivity index (χ2v) is 8.46. The molecule has 0 amide bonds. The zero-order valence-electron chi connectivity index (χ0n) is 13.8. The Morgan fingerprint density at radius 3 is 2.52 bits per heavy atom. The van der Waals surface area contributed by atoms with E-state index in [1.54, 1.807) is 0 Å². The fraction of sp³-hybridized carbons (Fsp3) is 0.235. The van der Waals surface area contributed by atoms with E-state index < -0.39 is 10.0 Å². The smallest absolute Gasteiger partial charge is 0.243 e. The van der Waals surface area contributed by atoms with Gasteiger partial charge in [-0.2, -0.15) is 4.31 Å². The van der Waals surface area contributed by atoms with E-state index in [-0.39, 0.29) is 16.5 Å². The van der Waals surface area contributed by atoms with Crippen molar-refractivity contribution in [2.75, 3.05) is 7.05 Å². The second kappa shape index (κ2) is 6.96. The summed E-state index contributed by atoms with van der Waals surface area (Å²) >= 11 is 11.8. The molecule has 0 unspecified atom stereocenters. The number of benzene rings is 2. The SMILES string of the molecule is CCn1c(CN(C)S(=O)(=O)c2ccc(Cl)c(Cl)c2)nc2ccccc21.